The standard InChI is InChI=1S/C11H8FNO3/c1-16-5-9-8-4-6(12)2-3-7(8)10(14)13-11(9)15/h2-5H,1H3,(H,13,14,15)/b9-5+. The van der Waals surface area contributed by atoms with Crippen molar-refractivity contribution in [1.82, 2.24) is 5.32 Å². The van der Waals surface area contributed by atoms with E-state index in [4.69, 9.17) is 4.74 Å². The largest absolute Gasteiger partial charge is 0.504 e. The average Bonchev–Trinajstić information content (AvgIpc) is 2.23. The molecule has 0 radical (unpaired) electrons. The SMILES string of the molecule is CO/C=C1/C(=O)NC(=O)c2ccc(F)cc21. The van der Waals surface area contributed by atoms with Crippen LogP contribution in [-0.4, -0.2) is 18.9 Å². The summed E-state index contributed by atoms with van der Waals surface area (Å²) in [4.78, 5) is 22.9. The molecule has 4 nitrogen and oxygen atoms in total. The Hall–Kier alpha value is -2.17. The lowest BCUT2D eigenvalue weighted by atomic mass is 9.96. The highest BCUT2D eigenvalue weighted by Gasteiger charge is 2.27. The molecule has 1 aromatic carbocycles. The van der Waals surface area contributed by atoms with E-state index in [1.54, 1.807) is 0 Å². The zero-order valence-electron chi connectivity index (χ0n) is 8.41. The van der Waals surface area contributed by atoms with Crippen LogP contribution in [0, 0.1) is 5.82 Å². The van der Waals surface area contributed by atoms with Gasteiger partial charge in [0.15, 0.2) is 0 Å². The normalized spacial score (nSPS) is 17.0. The molecule has 1 aliphatic rings. The van der Waals surface area contributed by atoms with Gasteiger partial charge >= 0.3 is 0 Å². The first kappa shape index (κ1) is 10.4. The maximum absolute atomic E-state index is 13.1. The molecule has 1 heterocycles. The van der Waals surface area contributed by atoms with Crippen LogP contribution in [0.25, 0.3) is 5.57 Å². The first-order valence-electron chi connectivity index (χ1n) is 4.52. The summed E-state index contributed by atoms with van der Waals surface area (Å²) < 4.78 is 17.8. The summed E-state index contributed by atoms with van der Waals surface area (Å²) in [6.07, 6.45) is 1.18. The van der Waals surface area contributed by atoms with Crippen molar-refractivity contribution in [2.75, 3.05) is 7.11 Å². The lowest BCUT2D eigenvalue weighted by Gasteiger charge is -2.17. The number of carbonyl (C=O) groups excluding carboxylic acids is 2. The number of nitrogens with one attached hydrogen (secondary N) is 1. The first-order chi connectivity index (χ1) is 7.63. The van der Waals surface area contributed by atoms with Crippen LogP contribution in [0.5, 0.6) is 0 Å². The molecule has 0 spiro atoms. The summed E-state index contributed by atoms with van der Waals surface area (Å²) in [6, 6.07) is 3.63. The molecule has 0 aromatic heterocycles. The van der Waals surface area contributed by atoms with Gasteiger partial charge < -0.3 is 4.74 Å². The number of carbonyl (C=O) groups is 2. The summed E-state index contributed by atoms with van der Waals surface area (Å²) in [5.41, 5.74) is 0.636. The Morgan fingerprint density at radius 3 is 2.69 bits per heavy atom. The molecule has 1 aliphatic heterocycles. The number of methoxy groups -OCH3 is 1. The van der Waals surface area contributed by atoms with E-state index in [0.29, 0.717) is 0 Å². The molecule has 1 N–H and O–H groups in total. The topological polar surface area (TPSA) is 55.4 Å². The van der Waals surface area contributed by atoms with E-state index < -0.39 is 17.6 Å². The van der Waals surface area contributed by atoms with Gasteiger partial charge in [-0.05, 0) is 18.2 Å². The van der Waals surface area contributed by atoms with Crippen LogP contribution < -0.4 is 5.32 Å². The lowest BCUT2D eigenvalue weighted by Crippen LogP contribution is -2.36. The van der Waals surface area contributed by atoms with E-state index in [1.807, 2.05) is 0 Å². The van der Waals surface area contributed by atoms with Gasteiger partial charge in [0, 0.05) is 11.1 Å². The van der Waals surface area contributed by atoms with Gasteiger partial charge in [-0.2, -0.15) is 0 Å². The second-order valence-electron chi connectivity index (χ2n) is 3.24. The van der Waals surface area contributed by atoms with Crippen LogP contribution in [0.3, 0.4) is 0 Å². The molecular weight excluding hydrogens is 213 g/mol. The molecule has 0 fully saturated rings. The average molecular weight is 221 g/mol. The van der Waals surface area contributed by atoms with Crippen LogP contribution in [-0.2, 0) is 9.53 Å². The molecule has 0 bridgehead atoms. The van der Waals surface area contributed by atoms with Crippen LogP contribution in [0.1, 0.15) is 15.9 Å². The van der Waals surface area contributed by atoms with Crippen molar-refractivity contribution < 1.29 is 18.7 Å². The van der Waals surface area contributed by atoms with Crippen LogP contribution in [0.2, 0.25) is 0 Å². The van der Waals surface area contributed by atoms with E-state index in [1.165, 1.54) is 25.5 Å². The van der Waals surface area contributed by atoms with Crippen molar-refractivity contribution in [2.24, 2.45) is 0 Å². The molecule has 0 saturated heterocycles. The summed E-state index contributed by atoms with van der Waals surface area (Å²) in [5, 5.41) is 2.14. The maximum Gasteiger partial charge on any atom is 0.261 e. The van der Waals surface area contributed by atoms with Crippen molar-refractivity contribution in [3.8, 4) is 0 Å². The second-order valence-corrected chi connectivity index (χ2v) is 3.24. The zero-order valence-corrected chi connectivity index (χ0v) is 8.41. The van der Waals surface area contributed by atoms with Crippen LogP contribution >= 0.6 is 0 Å². The molecule has 0 saturated carbocycles. The zero-order chi connectivity index (χ0) is 11.7. The summed E-state index contributed by atoms with van der Waals surface area (Å²) >= 11 is 0. The van der Waals surface area contributed by atoms with E-state index in [9.17, 15) is 14.0 Å². The third-order valence-electron chi connectivity index (χ3n) is 2.22. The number of ether oxygens (including phenoxy) is 1. The third kappa shape index (κ3) is 1.56. The molecule has 2 amide bonds. The number of benzene rings is 1. The van der Waals surface area contributed by atoms with Crippen molar-refractivity contribution in [3.05, 3.63) is 41.4 Å². The lowest BCUT2D eigenvalue weighted by molar-refractivity contribution is -0.114. The smallest absolute Gasteiger partial charge is 0.261 e. The molecule has 0 aliphatic carbocycles. The minimum absolute atomic E-state index is 0.136. The quantitative estimate of drug-likeness (QED) is 0.438. The second kappa shape index (κ2) is 3.77. The number of hydrogen-bond donors (Lipinski definition) is 1. The summed E-state index contributed by atoms with van der Waals surface area (Å²) in [6.45, 7) is 0. The summed E-state index contributed by atoms with van der Waals surface area (Å²) in [5.74, 6) is -1.64. The Bertz CT molecular complexity index is 508. The Balaban J connectivity index is 2.65. The molecule has 0 atom stereocenters. The van der Waals surface area contributed by atoms with Gasteiger partial charge in [0.25, 0.3) is 11.8 Å². The fraction of sp³-hybridized carbons (Fsp3) is 0.0909. The van der Waals surface area contributed by atoms with Gasteiger partial charge in [0.05, 0.1) is 18.9 Å². The van der Waals surface area contributed by atoms with Crippen molar-refractivity contribution in [3.63, 3.8) is 0 Å². The number of imide groups is 1. The molecule has 0 unspecified atom stereocenters. The van der Waals surface area contributed by atoms with Gasteiger partial charge in [0.1, 0.15) is 5.82 Å². The third-order valence-corrected chi connectivity index (χ3v) is 2.22. The van der Waals surface area contributed by atoms with E-state index in [0.717, 1.165) is 6.07 Å². The maximum atomic E-state index is 13.1. The molecule has 5 heteroatoms. The fourth-order valence-corrected chi connectivity index (χ4v) is 1.53. The Kier molecular flexibility index (Phi) is 2.44. The predicted molar refractivity (Wildman–Crippen MR) is 53.9 cm³/mol. The van der Waals surface area contributed by atoms with Gasteiger partial charge in [0.2, 0.25) is 0 Å². The van der Waals surface area contributed by atoms with Gasteiger partial charge in [-0.15, -0.1) is 0 Å². The number of fused-ring (bicyclic) bond motifs is 1. The molecule has 1 aromatic rings. The Morgan fingerprint density at radius 2 is 2.00 bits per heavy atom. The number of halogens is 1. The molecule has 16 heavy (non-hydrogen) atoms. The fourth-order valence-electron chi connectivity index (χ4n) is 1.53. The highest BCUT2D eigenvalue weighted by Crippen LogP contribution is 2.24. The van der Waals surface area contributed by atoms with E-state index >= 15 is 0 Å². The Morgan fingerprint density at radius 1 is 1.25 bits per heavy atom. The van der Waals surface area contributed by atoms with Crippen molar-refractivity contribution in [2.45, 2.75) is 0 Å². The van der Waals surface area contributed by atoms with Crippen LogP contribution in [0.4, 0.5) is 4.39 Å². The highest BCUT2D eigenvalue weighted by molar-refractivity contribution is 6.30. The molecular formula is C11H8FNO3. The van der Waals surface area contributed by atoms with Gasteiger partial charge in [-0.25, -0.2) is 4.39 Å². The van der Waals surface area contributed by atoms with E-state index in [2.05, 4.69) is 5.32 Å². The number of amides is 2. The first-order valence-corrected chi connectivity index (χ1v) is 4.52. The van der Waals surface area contributed by atoms with Crippen molar-refractivity contribution in [1.29, 1.82) is 0 Å². The monoisotopic (exact) mass is 221 g/mol. The minimum Gasteiger partial charge on any atom is -0.504 e. The number of rotatable bonds is 1. The van der Waals surface area contributed by atoms with Crippen LogP contribution in [0.15, 0.2) is 24.5 Å². The molecule has 82 valence electrons. The Labute approximate surface area is 90.7 Å². The van der Waals surface area contributed by atoms with E-state index in [-0.39, 0.29) is 16.7 Å². The predicted octanol–water partition coefficient (Wildman–Crippen LogP) is 1.08. The van der Waals surface area contributed by atoms with Gasteiger partial charge in [-0.1, -0.05) is 0 Å². The minimum atomic E-state index is -0.593. The van der Waals surface area contributed by atoms with Crippen molar-refractivity contribution >= 4 is 17.4 Å². The summed E-state index contributed by atoms with van der Waals surface area (Å²) in [7, 11) is 1.37. The van der Waals surface area contributed by atoms with Gasteiger partial charge in [-0.3, -0.25) is 14.9 Å². The highest BCUT2D eigenvalue weighted by atomic mass is 19.1. The number of hydrogen-bond acceptors (Lipinski definition) is 3. The molecule has 2 rings (SSSR count).